The maximum absolute atomic E-state index is 13.0. The van der Waals surface area contributed by atoms with Gasteiger partial charge in [0.25, 0.3) is 5.89 Å². The van der Waals surface area contributed by atoms with Gasteiger partial charge in [-0.05, 0) is 30.5 Å². The molecule has 0 saturated carbocycles. The Hall–Kier alpha value is -1.99. The van der Waals surface area contributed by atoms with Gasteiger partial charge in [0, 0.05) is 11.6 Å². The van der Waals surface area contributed by atoms with Crippen molar-refractivity contribution in [3.05, 3.63) is 46.3 Å². The van der Waals surface area contributed by atoms with Crippen molar-refractivity contribution in [2.75, 3.05) is 6.61 Å². The van der Waals surface area contributed by atoms with Gasteiger partial charge in [0.1, 0.15) is 11.9 Å². The lowest BCUT2D eigenvalue weighted by Crippen LogP contribution is -2.25. The molecular weight excluding hydrogens is 325 g/mol. The zero-order valence-electron chi connectivity index (χ0n) is 12.2. The highest BCUT2D eigenvalue weighted by molar-refractivity contribution is 6.31. The average molecular weight is 340 g/mol. The number of hydrogen-bond acceptors (Lipinski definition) is 5. The number of aromatic nitrogens is 2. The van der Waals surface area contributed by atoms with Gasteiger partial charge in [0.2, 0.25) is 5.91 Å². The minimum atomic E-state index is -0.437. The molecule has 2 aromatic rings. The fourth-order valence-corrected chi connectivity index (χ4v) is 2.55. The van der Waals surface area contributed by atoms with Gasteiger partial charge >= 0.3 is 0 Å². The second kappa shape index (κ2) is 7.06. The van der Waals surface area contributed by atoms with Gasteiger partial charge in [-0.15, -0.1) is 0 Å². The molecule has 122 valence electrons. The van der Waals surface area contributed by atoms with Crippen molar-refractivity contribution in [2.24, 2.45) is 0 Å². The van der Waals surface area contributed by atoms with E-state index in [4.69, 9.17) is 20.9 Å². The van der Waals surface area contributed by atoms with Gasteiger partial charge in [0.15, 0.2) is 5.82 Å². The first-order valence-electron chi connectivity index (χ1n) is 7.26. The lowest BCUT2D eigenvalue weighted by atomic mass is 10.1. The van der Waals surface area contributed by atoms with Crippen molar-refractivity contribution in [1.29, 1.82) is 0 Å². The highest BCUT2D eigenvalue weighted by Crippen LogP contribution is 2.26. The fourth-order valence-electron chi connectivity index (χ4n) is 2.32. The van der Waals surface area contributed by atoms with Crippen LogP contribution in [0.5, 0.6) is 0 Å². The number of nitrogens with zero attached hydrogens (tertiary/aromatic N) is 2. The van der Waals surface area contributed by atoms with Gasteiger partial charge in [-0.3, -0.25) is 4.79 Å². The number of amides is 1. The van der Waals surface area contributed by atoms with E-state index >= 15 is 0 Å². The molecular formula is C15H15ClFN3O3. The Morgan fingerprint density at radius 1 is 1.48 bits per heavy atom. The Kier molecular flexibility index (Phi) is 4.88. The van der Waals surface area contributed by atoms with Crippen molar-refractivity contribution in [2.45, 2.75) is 31.9 Å². The standard InChI is InChI=1S/C15H15ClFN3O3/c16-11-7-10(17)4-3-9(11)6-14(21)18-8-13-19-15(23-20-13)12-2-1-5-22-12/h3-4,7,12H,1-2,5-6,8H2,(H,18,21). The number of hydrogen-bond donors (Lipinski definition) is 1. The molecule has 2 heterocycles. The lowest BCUT2D eigenvalue weighted by molar-refractivity contribution is -0.120. The van der Waals surface area contributed by atoms with E-state index in [9.17, 15) is 9.18 Å². The average Bonchev–Trinajstić information content (AvgIpc) is 3.18. The van der Waals surface area contributed by atoms with E-state index in [0.717, 1.165) is 12.8 Å². The number of halogens is 2. The first-order valence-corrected chi connectivity index (χ1v) is 7.64. The maximum Gasteiger partial charge on any atom is 0.255 e. The highest BCUT2D eigenvalue weighted by atomic mass is 35.5. The van der Waals surface area contributed by atoms with Crippen LogP contribution < -0.4 is 5.32 Å². The van der Waals surface area contributed by atoms with Crippen LogP contribution in [0, 0.1) is 5.82 Å². The summed E-state index contributed by atoms with van der Waals surface area (Å²) in [4.78, 5) is 16.1. The number of ether oxygens (including phenoxy) is 1. The largest absolute Gasteiger partial charge is 0.368 e. The van der Waals surface area contributed by atoms with Crippen LogP contribution in [0.25, 0.3) is 0 Å². The monoisotopic (exact) mass is 339 g/mol. The van der Waals surface area contributed by atoms with Crippen LogP contribution in [0.1, 0.15) is 36.2 Å². The predicted molar refractivity (Wildman–Crippen MR) is 79.2 cm³/mol. The van der Waals surface area contributed by atoms with Crippen molar-refractivity contribution < 1.29 is 18.4 Å². The Morgan fingerprint density at radius 3 is 3.09 bits per heavy atom. The summed E-state index contributed by atoms with van der Waals surface area (Å²) in [7, 11) is 0. The van der Waals surface area contributed by atoms with E-state index in [0.29, 0.717) is 23.9 Å². The van der Waals surface area contributed by atoms with Crippen molar-refractivity contribution in [3.8, 4) is 0 Å². The second-order valence-corrected chi connectivity index (χ2v) is 5.65. The van der Waals surface area contributed by atoms with Gasteiger partial charge in [-0.2, -0.15) is 4.98 Å². The van der Waals surface area contributed by atoms with E-state index in [1.54, 1.807) is 0 Å². The molecule has 1 amide bonds. The van der Waals surface area contributed by atoms with Gasteiger partial charge in [-0.1, -0.05) is 22.8 Å². The van der Waals surface area contributed by atoms with E-state index in [-0.39, 0.29) is 30.0 Å². The molecule has 1 aliphatic rings. The molecule has 8 heteroatoms. The number of nitrogens with one attached hydrogen (secondary N) is 1. The van der Waals surface area contributed by atoms with Gasteiger partial charge in [0.05, 0.1) is 13.0 Å². The number of rotatable bonds is 5. The van der Waals surface area contributed by atoms with Crippen molar-refractivity contribution >= 4 is 17.5 Å². The first kappa shape index (κ1) is 15.9. The summed E-state index contributed by atoms with van der Waals surface area (Å²) in [5, 5.41) is 6.71. The van der Waals surface area contributed by atoms with Crippen LogP contribution in [-0.4, -0.2) is 22.7 Å². The van der Waals surface area contributed by atoms with Crippen LogP contribution in [0.3, 0.4) is 0 Å². The van der Waals surface area contributed by atoms with E-state index in [1.165, 1.54) is 18.2 Å². The molecule has 1 atom stereocenters. The number of carbonyl (C=O) groups is 1. The van der Waals surface area contributed by atoms with Crippen LogP contribution in [-0.2, 0) is 22.5 Å². The molecule has 1 aliphatic heterocycles. The lowest BCUT2D eigenvalue weighted by Gasteiger charge is -2.05. The Morgan fingerprint density at radius 2 is 2.35 bits per heavy atom. The summed E-state index contributed by atoms with van der Waals surface area (Å²) in [6.07, 6.45) is 1.73. The molecule has 1 aromatic carbocycles. The maximum atomic E-state index is 13.0. The van der Waals surface area contributed by atoms with Crippen LogP contribution in [0.15, 0.2) is 22.7 Å². The quantitative estimate of drug-likeness (QED) is 0.906. The zero-order chi connectivity index (χ0) is 16.2. The number of benzene rings is 1. The first-order chi connectivity index (χ1) is 11.1. The molecule has 1 aromatic heterocycles. The molecule has 1 N–H and O–H groups in total. The third kappa shape index (κ3) is 4.05. The molecule has 0 aliphatic carbocycles. The number of carbonyl (C=O) groups excluding carboxylic acids is 1. The minimum Gasteiger partial charge on any atom is -0.368 e. The zero-order valence-corrected chi connectivity index (χ0v) is 13.0. The third-order valence-electron chi connectivity index (χ3n) is 3.50. The molecule has 1 fully saturated rings. The summed E-state index contributed by atoms with van der Waals surface area (Å²) in [6.45, 7) is 0.839. The summed E-state index contributed by atoms with van der Waals surface area (Å²) < 4.78 is 23.5. The molecule has 1 saturated heterocycles. The van der Waals surface area contributed by atoms with E-state index in [1.807, 2.05) is 0 Å². The van der Waals surface area contributed by atoms with Crippen LogP contribution >= 0.6 is 11.6 Å². The van der Waals surface area contributed by atoms with E-state index in [2.05, 4.69) is 15.5 Å². The van der Waals surface area contributed by atoms with Crippen molar-refractivity contribution in [3.63, 3.8) is 0 Å². The molecule has 1 unspecified atom stereocenters. The summed E-state index contributed by atoms with van der Waals surface area (Å²) in [5.74, 6) is 0.122. The fraction of sp³-hybridized carbons (Fsp3) is 0.400. The molecule has 0 spiro atoms. The molecule has 3 rings (SSSR count). The third-order valence-corrected chi connectivity index (χ3v) is 3.85. The predicted octanol–water partition coefficient (Wildman–Crippen LogP) is 2.57. The second-order valence-electron chi connectivity index (χ2n) is 5.24. The van der Waals surface area contributed by atoms with Gasteiger partial charge in [-0.25, -0.2) is 4.39 Å². The Labute approximate surface area is 137 Å². The summed E-state index contributed by atoms with van der Waals surface area (Å²) >= 11 is 5.89. The minimum absolute atomic E-state index is 0.0511. The molecule has 0 bridgehead atoms. The Bertz CT molecular complexity index is 701. The molecule has 0 radical (unpaired) electrons. The SMILES string of the molecule is O=C(Cc1ccc(F)cc1Cl)NCc1noc(C2CCCO2)n1. The summed E-state index contributed by atoms with van der Waals surface area (Å²) in [6, 6.07) is 3.93. The Balaban J connectivity index is 1.52. The van der Waals surface area contributed by atoms with Crippen molar-refractivity contribution in [1.82, 2.24) is 15.5 Å². The van der Waals surface area contributed by atoms with Gasteiger partial charge < -0.3 is 14.6 Å². The highest BCUT2D eigenvalue weighted by Gasteiger charge is 2.23. The molecule has 23 heavy (non-hydrogen) atoms. The normalized spacial score (nSPS) is 17.4. The van der Waals surface area contributed by atoms with Crippen LogP contribution in [0.2, 0.25) is 5.02 Å². The summed E-state index contributed by atoms with van der Waals surface area (Å²) in [5.41, 5.74) is 0.554. The molecule has 6 nitrogen and oxygen atoms in total. The smallest absolute Gasteiger partial charge is 0.255 e. The van der Waals surface area contributed by atoms with Crippen LogP contribution in [0.4, 0.5) is 4.39 Å². The van der Waals surface area contributed by atoms with E-state index < -0.39 is 5.82 Å². The topological polar surface area (TPSA) is 77.2 Å².